The Morgan fingerprint density at radius 2 is 1.60 bits per heavy atom. The minimum atomic E-state index is -5.08. The topological polar surface area (TPSA) is 197 Å². The number of ether oxygens (including phenoxy) is 4. The first-order valence-corrected chi connectivity index (χ1v) is 23.4. The third kappa shape index (κ3) is 15.0. The number of esters is 2. The van der Waals surface area contributed by atoms with Crippen molar-refractivity contribution in [2.45, 2.75) is 69.7 Å². The lowest BCUT2D eigenvalue weighted by molar-refractivity contribution is -0.605. The number of aliphatic carboxylic acids is 1. The Hall–Kier alpha value is -5.48. The highest BCUT2D eigenvalue weighted by molar-refractivity contribution is 7.88. The number of aromatic nitrogens is 1. The Balaban J connectivity index is 0.000000980. The van der Waals surface area contributed by atoms with Gasteiger partial charge in [-0.2, -0.15) is 26.7 Å². The number of nitrogens with one attached hydrogen (secondary N) is 2. The van der Waals surface area contributed by atoms with Crippen molar-refractivity contribution in [2.24, 2.45) is 11.8 Å². The van der Waals surface area contributed by atoms with E-state index in [0.717, 1.165) is 57.4 Å². The molecule has 15 nitrogen and oxygen atoms in total. The SMILES string of the molecule is CS(=O)(=O)NCc1cc(NC(C(=O)O[C@H]2CN3CCC2CC3)c2ccccc2)cc(C(=O)O[C@@H](Cc2c(Cl)c[n+]([O-])cc2Cl)c2ccc(OC(F)F)c(OCC3CC3)c2)c1.O=C(O)C(F)(F)F. The van der Waals surface area contributed by atoms with E-state index in [4.69, 9.17) is 52.1 Å². The fraction of sp³-hybridized carbons (Fsp3) is 0.409. The molecule has 3 saturated heterocycles. The van der Waals surface area contributed by atoms with E-state index in [1.165, 1.54) is 30.3 Å². The zero-order chi connectivity index (χ0) is 48.6. The van der Waals surface area contributed by atoms with Crippen LogP contribution in [-0.2, 0) is 42.1 Å². The first kappa shape index (κ1) is 50.9. The van der Waals surface area contributed by atoms with Gasteiger partial charge in [-0.05, 0) is 97.6 Å². The van der Waals surface area contributed by atoms with Crippen LogP contribution in [0, 0.1) is 17.0 Å². The number of carboxylic acid groups (broad SMARTS) is 1. The summed E-state index contributed by atoms with van der Waals surface area (Å²) in [4.78, 5) is 39.5. The second-order valence-corrected chi connectivity index (χ2v) is 18.8. The summed E-state index contributed by atoms with van der Waals surface area (Å²) in [6.07, 6.45) is 0.195. The number of hydrogen-bond donors (Lipinski definition) is 3. The molecule has 4 aromatic rings. The van der Waals surface area contributed by atoms with Gasteiger partial charge in [0.2, 0.25) is 10.0 Å². The number of halogens is 7. The van der Waals surface area contributed by atoms with Crippen molar-refractivity contribution in [3.8, 4) is 11.5 Å². The maximum atomic E-state index is 14.3. The first-order valence-electron chi connectivity index (χ1n) is 20.7. The van der Waals surface area contributed by atoms with E-state index in [9.17, 15) is 45.2 Å². The van der Waals surface area contributed by atoms with Crippen molar-refractivity contribution in [1.29, 1.82) is 0 Å². The van der Waals surface area contributed by atoms with Gasteiger partial charge in [-0.15, -0.1) is 0 Å². The Kier molecular flexibility index (Phi) is 16.8. The van der Waals surface area contributed by atoms with Gasteiger partial charge >= 0.3 is 30.7 Å². The van der Waals surface area contributed by atoms with Crippen LogP contribution in [0.2, 0.25) is 10.0 Å². The third-order valence-electron chi connectivity index (χ3n) is 11.0. The molecule has 2 bridgehead atoms. The number of anilines is 1. The van der Waals surface area contributed by atoms with Gasteiger partial charge in [0.25, 0.3) is 0 Å². The largest absolute Gasteiger partial charge is 0.619 e. The van der Waals surface area contributed by atoms with Crippen molar-refractivity contribution < 1.29 is 73.5 Å². The van der Waals surface area contributed by atoms with E-state index in [1.807, 2.05) is 6.07 Å². The summed E-state index contributed by atoms with van der Waals surface area (Å²) in [7, 11) is -3.67. The molecule has 3 aromatic carbocycles. The van der Waals surface area contributed by atoms with E-state index in [2.05, 4.69) is 14.9 Å². The standard InChI is InChI=1S/C42H44Cl2F2N4O9S.C2HF3O2/c1-60(54,55)47-20-26-15-30(17-31(16-26)48-39(28-5-3-2-4-6-28)41(52)58-38-23-49-13-11-27(38)12-14-49)40(51)57-36(19-32-33(43)21-50(53)22-34(32)44)29-9-10-35(59-42(45)46)37(18-29)56-24-25-7-8-25;3-2(4,5)1(6)7/h2-6,9-10,15-18,21-22,25,27,36,38-39,42,47-48H,7-8,11-14,19-20,23-24H2,1H3;(H,6,7)/t36-,38-,39?;/m0./s1. The molecule has 4 heterocycles. The van der Waals surface area contributed by atoms with Crippen LogP contribution in [0.3, 0.4) is 0 Å². The molecule has 23 heteroatoms. The van der Waals surface area contributed by atoms with Crippen molar-refractivity contribution in [3.05, 3.63) is 122 Å². The highest BCUT2D eigenvalue weighted by Gasteiger charge is 2.39. The number of alkyl halides is 5. The van der Waals surface area contributed by atoms with Gasteiger partial charge in [0.1, 0.15) is 22.3 Å². The molecule has 1 aromatic heterocycles. The fourth-order valence-corrected chi connectivity index (χ4v) is 8.45. The van der Waals surface area contributed by atoms with Crippen LogP contribution < -0.4 is 24.2 Å². The highest BCUT2D eigenvalue weighted by atomic mass is 35.5. The number of sulfonamides is 1. The molecular formula is C44H45Cl2F5N4O11S. The lowest BCUT2D eigenvalue weighted by Crippen LogP contribution is -2.52. The number of carboxylic acids is 1. The average Bonchev–Trinajstić information content (AvgIpc) is 4.10. The molecule has 4 aliphatic rings. The van der Waals surface area contributed by atoms with Crippen LogP contribution in [0.1, 0.15) is 70.4 Å². The number of piperidine rings is 3. The number of hydrogen-bond acceptors (Lipinski definition) is 12. The molecule has 1 saturated carbocycles. The molecule has 3 aliphatic heterocycles. The van der Waals surface area contributed by atoms with Crippen molar-refractivity contribution >= 4 is 56.8 Å². The zero-order valence-corrected chi connectivity index (χ0v) is 37.8. The molecule has 3 atom stereocenters. The number of benzene rings is 3. The minimum absolute atomic E-state index is 0.000760. The van der Waals surface area contributed by atoms with Gasteiger partial charge in [0.05, 0.1) is 18.4 Å². The second kappa shape index (κ2) is 22.1. The lowest BCUT2D eigenvalue weighted by Gasteiger charge is -2.44. The summed E-state index contributed by atoms with van der Waals surface area (Å²) in [5.41, 5.74) is 1.77. The lowest BCUT2D eigenvalue weighted by atomic mass is 9.86. The number of nitrogens with zero attached hydrogens (tertiary/aromatic N) is 2. The third-order valence-corrected chi connectivity index (χ3v) is 12.3. The van der Waals surface area contributed by atoms with Crippen LogP contribution in [0.15, 0.2) is 79.1 Å². The van der Waals surface area contributed by atoms with Crippen LogP contribution in [0.25, 0.3) is 0 Å². The molecular weight excluding hydrogens is 958 g/mol. The maximum Gasteiger partial charge on any atom is 0.490 e. The summed E-state index contributed by atoms with van der Waals surface area (Å²) >= 11 is 12.9. The predicted octanol–water partition coefficient (Wildman–Crippen LogP) is 7.63. The first-order chi connectivity index (χ1) is 31.6. The van der Waals surface area contributed by atoms with Crippen molar-refractivity contribution in [1.82, 2.24) is 9.62 Å². The number of carbonyl (C=O) groups excluding carboxylic acids is 2. The molecule has 1 aliphatic carbocycles. The van der Waals surface area contributed by atoms with Gasteiger partial charge in [-0.25, -0.2) is 27.5 Å². The smallest absolute Gasteiger partial charge is 0.490 e. The van der Waals surface area contributed by atoms with E-state index in [-0.39, 0.29) is 75.9 Å². The van der Waals surface area contributed by atoms with Gasteiger partial charge in [-0.1, -0.05) is 59.6 Å². The molecule has 0 amide bonds. The van der Waals surface area contributed by atoms with E-state index in [0.29, 0.717) is 28.0 Å². The summed E-state index contributed by atoms with van der Waals surface area (Å²) in [5.74, 6) is -3.86. The molecule has 1 unspecified atom stereocenters. The number of pyridine rings is 1. The second-order valence-electron chi connectivity index (χ2n) is 16.1. The van der Waals surface area contributed by atoms with Gasteiger partial charge < -0.3 is 34.6 Å². The number of fused-ring (bicyclic) bond motifs is 3. The average molecular weight is 1000 g/mol. The number of carbonyl (C=O) groups is 3. The minimum Gasteiger partial charge on any atom is -0.619 e. The van der Waals surface area contributed by atoms with Gasteiger partial charge in [0, 0.05) is 30.8 Å². The van der Waals surface area contributed by atoms with Crippen LogP contribution in [0.5, 0.6) is 11.5 Å². The normalized spacial score (nSPS) is 18.8. The highest BCUT2D eigenvalue weighted by Crippen LogP contribution is 2.39. The summed E-state index contributed by atoms with van der Waals surface area (Å²) in [6, 6.07) is 16.6. The van der Waals surface area contributed by atoms with Crippen LogP contribution in [-0.4, -0.2) is 87.7 Å². The van der Waals surface area contributed by atoms with E-state index >= 15 is 0 Å². The van der Waals surface area contributed by atoms with Gasteiger partial charge in [-0.3, -0.25) is 4.90 Å². The Bertz CT molecular complexity index is 2490. The molecule has 3 N–H and O–H groups in total. The van der Waals surface area contributed by atoms with Crippen LogP contribution in [0.4, 0.5) is 27.6 Å². The zero-order valence-electron chi connectivity index (χ0n) is 35.5. The fourth-order valence-electron chi connectivity index (χ4n) is 7.42. The molecule has 362 valence electrons. The Labute approximate surface area is 391 Å². The predicted molar refractivity (Wildman–Crippen MR) is 232 cm³/mol. The Morgan fingerprint density at radius 1 is 0.940 bits per heavy atom. The van der Waals surface area contributed by atoms with E-state index < -0.39 is 52.9 Å². The van der Waals surface area contributed by atoms with E-state index in [1.54, 1.807) is 30.3 Å². The van der Waals surface area contributed by atoms with Crippen molar-refractivity contribution in [2.75, 3.05) is 37.8 Å². The maximum absolute atomic E-state index is 14.3. The summed E-state index contributed by atoms with van der Waals surface area (Å²) < 4.78 is 109. The molecule has 0 spiro atoms. The summed E-state index contributed by atoms with van der Waals surface area (Å²) in [5, 5.41) is 22.4. The van der Waals surface area contributed by atoms with Gasteiger partial charge in [0.15, 0.2) is 29.9 Å². The molecule has 0 radical (unpaired) electrons. The number of rotatable bonds is 18. The van der Waals surface area contributed by atoms with Crippen molar-refractivity contribution in [3.63, 3.8) is 0 Å². The monoisotopic (exact) mass is 1000 g/mol. The quantitative estimate of drug-likeness (QED) is 0.0381. The Morgan fingerprint density at radius 3 is 2.16 bits per heavy atom. The van der Waals surface area contributed by atoms with Crippen LogP contribution >= 0.6 is 23.2 Å². The molecule has 67 heavy (non-hydrogen) atoms. The molecule has 8 rings (SSSR count). The summed E-state index contributed by atoms with van der Waals surface area (Å²) in [6.45, 7) is -0.512. The molecule has 4 fully saturated rings.